The Morgan fingerprint density at radius 2 is 2.00 bits per heavy atom. The summed E-state index contributed by atoms with van der Waals surface area (Å²) in [6, 6.07) is 17.5. The van der Waals surface area contributed by atoms with E-state index in [2.05, 4.69) is 47.1 Å². The van der Waals surface area contributed by atoms with Gasteiger partial charge in [-0.15, -0.1) is 0 Å². The topological polar surface area (TPSA) is 34.6 Å². The predicted molar refractivity (Wildman–Crippen MR) is 117 cm³/mol. The van der Waals surface area contributed by atoms with Crippen LogP contribution in [0.1, 0.15) is 37.4 Å². The summed E-state index contributed by atoms with van der Waals surface area (Å²) < 4.78 is 12.6. The van der Waals surface area contributed by atoms with E-state index < -0.39 is 0 Å². The number of anilines is 1. The van der Waals surface area contributed by atoms with E-state index in [9.17, 15) is 0 Å². The molecule has 3 aromatic rings. The van der Waals surface area contributed by atoms with E-state index in [0.717, 1.165) is 41.1 Å². The Hall–Kier alpha value is -2.75. The summed E-state index contributed by atoms with van der Waals surface area (Å²) in [6.07, 6.45) is 4.79. The predicted octanol–water partition coefficient (Wildman–Crippen LogP) is 5.30. The zero-order valence-corrected chi connectivity index (χ0v) is 17.2. The lowest BCUT2D eigenvalue weighted by molar-refractivity contribution is 0.0951. The Balaban J connectivity index is 1.44. The highest BCUT2D eigenvalue weighted by Gasteiger charge is 2.31. The molecule has 4 heteroatoms. The van der Waals surface area contributed by atoms with Gasteiger partial charge in [0.1, 0.15) is 6.61 Å². The molecule has 2 aromatic carbocycles. The lowest BCUT2D eigenvalue weighted by atomic mass is 9.93. The molecule has 2 aliphatic rings. The van der Waals surface area contributed by atoms with Gasteiger partial charge < -0.3 is 14.4 Å². The van der Waals surface area contributed by atoms with E-state index in [1.54, 1.807) is 0 Å². The molecule has 150 valence electrons. The molecule has 1 unspecified atom stereocenters. The first kappa shape index (κ1) is 18.3. The third-order valence-electron chi connectivity index (χ3n) is 6.15. The van der Waals surface area contributed by atoms with Crippen molar-refractivity contribution in [3.8, 4) is 11.5 Å². The fraction of sp³-hybridized carbons (Fsp3) is 0.400. The number of pyridine rings is 1. The number of ether oxygens (including phenoxy) is 2. The van der Waals surface area contributed by atoms with E-state index in [1.807, 2.05) is 25.1 Å². The Bertz CT molecular complexity index is 1030. The summed E-state index contributed by atoms with van der Waals surface area (Å²) in [5.74, 6) is 1.66. The minimum atomic E-state index is -0.0000784. The van der Waals surface area contributed by atoms with Gasteiger partial charge in [-0.1, -0.05) is 31.5 Å². The van der Waals surface area contributed by atoms with Gasteiger partial charge in [0.2, 0.25) is 0 Å². The first-order valence-corrected chi connectivity index (χ1v) is 10.8. The highest BCUT2D eigenvalue weighted by atomic mass is 16.6. The molecule has 3 heterocycles. The van der Waals surface area contributed by atoms with E-state index in [4.69, 9.17) is 9.47 Å². The summed E-state index contributed by atoms with van der Waals surface area (Å²) in [5.41, 5.74) is 4.78. The summed E-state index contributed by atoms with van der Waals surface area (Å²) in [6.45, 7) is 5.71. The van der Waals surface area contributed by atoms with Crippen LogP contribution < -0.4 is 14.4 Å². The molecule has 0 saturated carbocycles. The fourth-order valence-electron chi connectivity index (χ4n) is 4.74. The maximum absolute atomic E-state index is 6.52. The summed E-state index contributed by atoms with van der Waals surface area (Å²) in [5, 5.41) is 1.03. The minimum Gasteiger partial charge on any atom is -0.486 e. The van der Waals surface area contributed by atoms with E-state index in [1.165, 1.54) is 30.5 Å². The molecule has 1 aromatic heterocycles. The molecule has 0 spiro atoms. The van der Waals surface area contributed by atoms with Crippen molar-refractivity contribution in [2.24, 2.45) is 0 Å². The van der Waals surface area contributed by atoms with E-state index >= 15 is 0 Å². The van der Waals surface area contributed by atoms with Gasteiger partial charge in [0.25, 0.3) is 0 Å². The normalized spacial score (nSPS) is 20.6. The monoisotopic (exact) mass is 388 g/mol. The van der Waals surface area contributed by atoms with Crippen LogP contribution in [-0.2, 0) is 6.42 Å². The third kappa shape index (κ3) is 3.41. The van der Waals surface area contributed by atoms with Crippen molar-refractivity contribution in [1.29, 1.82) is 0 Å². The fourth-order valence-corrected chi connectivity index (χ4v) is 4.74. The van der Waals surface area contributed by atoms with Gasteiger partial charge in [-0.3, -0.25) is 4.98 Å². The number of nitrogens with zero attached hydrogens (tertiary/aromatic N) is 2. The molecule has 0 bridgehead atoms. The molecule has 0 radical (unpaired) electrons. The smallest absolute Gasteiger partial charge is 0.171 e. The average molecular weight is 389 g/mol. The quantitative estimate of drug-likeness (QED) is 0.607. The molecule has 4 nitrogen and oxygen atoms in total. The number of fused-ring (bicyclic) bond motifs is 4. The van der Waals surface area contributed by atoms with Crippen LogP contribution >= 0.6 is 0 Å². The second-order valence-corrected chi connectivity index (χ2v) is 8.23. The number of aromatic nitrogens is 1. The van der Waals surface area contributed by atoms with Gasteiger partial charge in [-0.05, 0) is 62.1 Å². The maximum atomic E-state index is 6.52. The first-order valence-electron chi connectivity index (χ1n) is 10.8. The molecule has 2 atom stereocenters. The van der Waals surface area contributed by atoms with Gasteiger partial charge in [-0.25, -0.2) is 0 Å². The van der Waals surface area contributed by atoms with Gasteiger partial charge in [0, 0.05) is 22.8 Å². The van der Waals surface area contributed by atoms with Crippen LogP contribution in [0.4, 0.5) is 5.69 Å². The van der Waals surface area contributed by atoms with Gasteiger partial charge in [-0.2, -0.15) is 0 Å². The molecule has 0 N–H and O–H groups in total. The minimum absolute atomic E-state index is 0.0000784. The molecule has 0 aliphatic carbocycles. The lowest BCUT2D eigenvalue weighted by Crippen LogP contribution is -2.47. The zero-order chi connectivity index (χ0) is 19.8. The second kappa shape index (κ2) is 7.58. The van der Waals surface area contributed by atoms with Crippen LogP contribution in [0.15, 0.2) is 48.5 Å². The molecule has 2 aliphatic heterocycles. The molecular weight excluding hydrogens is 360 g/mol. The van der Waals surface area contributed by atoms with E-state index in [-0.39, 0.29) is 6.10 Å². The Morgan fingerprint density at radius 1 is 1.10 bits per heavy atom. The molecule has 29 heavy (non-hydrogen) atoms. The SMILES string of the molecule is CCCC1CCc2ccccc2N1C[C@H]1COc2ccc3nc(C)ccc3c2O1. The number of para-hydroxylation sites is 1. The Labute approximate surface area is 172 Å². The Kier molecular flexibility index (Phi) is 4.78. The van der Waals surface area contributed by atoms with Crippen molar-refractivity contribution >= 4 is 16.6 Å². The molecule has 5 rings (SSSR count). The molecule has 0 fully saturated rings. The number of hydrogen-bond donors (Lipinski definition) is 0. The van der Waals surface area contributed by atoms with Gasteiger partial charge >= 0.3 is 0 Å². The lowest BCUT2D eigenvalue weighted by Gasteiger charge is -2.41. The first-order chi connectivity index (χ1) is 14.2. The number of rotatable bonds is 4. The van der Waals surface area contributed by atoms with Crippen molar-refractivity contribution < 1.29 is 9.47 Å². The second-order valence-electron chi connectivity index (χ2n) is 8.23. The van der Waals surface area contributed by atoms with Crippen LogP contribution in [-0.4, -0.2) is 30.3 Å². The standard InChI is InChI=1S/C25H28N2O2/c1-3-6-19-11-10-18-7-4-5-8-23(18)27(19)15-20-16-28-24-14-13-22-21(25(24)29-20)12-9-17(2)26-22/h4-5,7-9,12-14,19-20H,3,6,10-11,15-16H2,1-2H3/t19?,20-/m0/s1. The van der Waals surface area contributed by atoms with Crippen molar-refractivity contribution in [3.05, 3.63) is 59.8 Å². The third-order valence-corrected chi connectivity index (χ3v) is 6.15. The average Bonchev–Trinajstić information content (AvgIpc) is 2.75. The van der Waals surface area contributed by atoms with Crippen molar-refractivity contribution in [3.63, 3.8) is 0 Å². The van der Waals surface area contributed by atoms with Gasteiger partial charge in [0.15, 0.2) is 17.6 Å². The zero-order valence-electron chi connectivity index (χ0n) is 17.2. The van der Waals surface area contributed by atoms with Gasteiger partial charge in [0.05, 0.1) is 12.1 Å². The van der Waals surface area contributed by atoms with Crippen LogP contribution in [0.2, 0.25) is 0 Å². The summed E-state index contributed by atoms with van der Waals surface area (Å²) in [7, 11) is 0. The number of benzene rings is 2. The largest absolute Gasteiger partial charge is 0.486 e. The van der Waals surface area contributed by atoms with Crippen molar-refractivity contribution in [1.82, 2.24) is 4.98 Å². The summed E-state index contributed by atoms with van der Waals surface area (Å²) in [4.78, 5) is 7.21. The highest BCUT2D eigenvalue weighted by Crippen LogP contribution is 2.39. The molecule has 0 saturated heterocycles. The van der Waals surface area contributed by atoms with E-state index in [0.29, 0.717) is 12.6 Å². The maximum Gasteiger partial charge on any atom is 0.171 e. The van der Waals surface area contributed by atoms with Crippen LogP contribution in [0.3, 0.4) is 0 Å². The number of hydrogen-bond acceptors (Lipinski definition) is 4. The van der Waals surface area contributed by atoms with Crippen molar-refractivity contribution in [2.75, 3.05) is 18.1 Å². The molecule has 0 amide bonds. The number of aryl methyl sites for hydroxylation is 2. The van der Waals surface area contributed by atoms with Crippen LogP contribution in [0.5, 0.6) is 11.5 Å². The highest BCUT2D eigenvalue weighted by molar-refractivity contribution is 5.88. The van der Waals surface area contributed by atoms with Crippen molar-refractivity contribution in [2.45, 2.75) is 51.7 Å². The van der Waals surface area contributed by atoms with Crippen LogP contribution in [0.25, 0.3) is 10.9 Å². The summed E-state index contributed by atoms with van der Waals surface area (Å²) >= 11 is 0. The Morgan fingerprint density at radius 3 is 2.90 bits per heavy atom. The molecular formula is C25H28N2O2. The van der Waals surface area contributed by atoms with Crippen LogP contribution in [0, 0.1) is 6.92 Å².